The van der Waals surface area contributed by atoms with Crippen molar-refractivity contribution in [2.75, 3.05) is 13.2 Å². The summed E-state index contributed by atoms with van der Waals surface area (Å²) < 4.78 is 11.1. The molecule has 1 fully saturated rings. The van der Waals surface area contributed by atoms with Crippen LogP contribution in [-0.2, 0) is 9.47 Å². The molecule has 112 valence electrons. The van der Waals surface area contributed by atoms with Gasteiger partial charge in [0.25, 0.3) is 0 Å². The molecule has 1 heterocycles. The highest BCUT2D eigenvalue weighted by Crippen LogP contribution is 2.32. The van der Waals surface area contributed by atoms with Crippen LogP contribution >= 0.6 is 0 Å². The molecule has 0 aliphatic carbocycles. The number of aryl methyl sites for hydroxylation is 2. The number of hydrogen-bond donors (Lipinski definition) is 0. The van der Waals surface area contributed by atoms with Crippen LogP contribution in [-0.4, -0.2) is 19.2 Å². The Labute approximate surface area is 130 Å². The van der Waals surface area contributed by atoms with Gasteiger partial charge in [-0.05, 0) is 38.1 Å². The van der Waals surface area contributed by atoms with E-state index in [9.17, 15) is 0 Å². The van der Waals surface area contributed by atoms with Crippen LogP contribution in [0.4, 0.5) is 11.4 Å². The molecule has 4 heteroatoms. The number of ether oxygens (including phenoxy) is 2. The van der Waals surface area contributed by atoms with Crippen LogP contribution in [0.25, 0.3) is 0 Å². The molecular weight excluding hydrogens is 276 g/mol. The topological polar surface area (TPSA) is 43.2 Å². The Balaban J connectivity index is 1.87. The lowest BCUT2D eigenvalue weighted by atomic mass is 10.1. The lowest BCUT2D eigenvalue weighted by molar-refractivity contribution is -0.0436. The zero-order valence-electron chi connectivity index (χ0n) is 12.7. The summed E-state index contributed by atoms with van der Waals surface area (Å²) in [6.45, 7) is 5.30. The van der Waals surface area contributed by atoms with E-state index in [1.54, 1.807) is 0 Å². The minimum absolute atomic E-state index is 0.347. The Hall–Kier alpha value is -2.26. The van der Waals surface area contributed by atoms with E-state index in [1.165, 1.54) is 5.56 Å². The van der Waals surface area contributed by atoms with E-state index in [0.717, 1.165) is 22.5 Å². The van der Waals surface area contributed by atoms with Crippen LogP contribution in [0.2, 0.25) is 0 Å². The van der Waals surface area contributed by atoms with Crippen LogP contribution in [0.3, 0.4) is 0 Å². The molecule has 1 aliphatic rings. The number of hydrogen-bond acceptors (Lipinski definition) is 4. The maximum atomic E-state index is 5.57. The van der Waals surface area contributed by atoms with Crippen LogP contribution in [0, 0.1) is 13.8 Å². The van der Waals surface area contributed by atoms with E-state index in [-0.39, 0.29) is 6.29 Å². The van der Waals surface area contributed by atoms with E-state index < -0.39 is 0 Å². The molecule has 4 nitrogen and oxygen atoms in total. The van der Waals surface area contributed by atoms with Gasteiger partial charge < -0.3 is 9.47 Å². The van der Waals surface area contributed by atoms with Crippen molar-refractivity contribution in [3.05, 3.63) is 59.2 Å². The van der Waals surface area contributed by atoms with Crippen molar-refractivity contribution < 1.29 is 9.47 Å². The summed E-state index contributed by atoms with van der Waals surface area (Å²) in [5.74, 6) is 0. The molecular formula is C18H18N2O2. The molecule has 0 unspecified atom stereocenters. The average Bonchev–Trinajstić information content (AvgIpc) is 3.05. The van der Waals surface area contributed by atoms with Crippen LogP contribution in [0.1, 0.15) is 23.0 Å². The summed E-state index contributed by atoms with van der Waals surface area (Å²) >= 11 is 0. The quantitative estimate of drug-likeness (QED) is 0.783. The predicted octanol–water partition coefficient (Wildman–Crippen LogP) is 4.49. The first-order valence-electron chi connectivity index (χ1n) is 7.29. The Morgan fingerprint density at radius 3 is 2.32 bits per heavy atom. The van der Waals surface area contributed by atoms with Crippen molar-refractivity contribution >= 4 is 17.4 Å². The summed E-state index contributed by atoms with van der Waals surface area (Å²) in [5, 5.41) is 0. The Kier molecular flexibility index (Phi) is 4.45. The van der Waals surface area contributed by atoms with E-state index >= 15 is 0 Å². The minimum Gasteiger partial charge on any atom is -0.346 e. The second-order valence-corrected chi connectivity index (χ2v) is 5.29. The Morgan fingerprint density at radius 2 is 1.59 bits per heavy atom. The van der Waals surface area contributed by atoms with Crippen LogP contribution < -0.4 is 0 Å². The zero-order valence-corrected chi connectivity index (χ0v) is 12.7. The van der Waals surface area contributed by atoms with Crippen molar-refractivity contribution in [3.8, 4) is 0 Å². The second kappa shape index (κ2) is 6.67. The first-order chi connectivity index (χ1) is 10.7. The van der Waals surface area contributed by atoms with Crippen molar-refractivity contribution in [2.45, 2.75) is 20.1 Å². The maximum Gasteiger partial charge on any atom is 0.186 e. The monoisotopic (exact) mass is 294 g/mol. The third-order valence-electron chi connectivity index (χ3n) is 3.44. The summed E-state index contributed by atoms with van der Waals surface area (Å²) in [6, 6.07) is 16.6. The number of nitrogens with zero attached hydrogens (tertiary/aromatic N) is 2. The van der Waals surface area contributed by atoms with Gasteiger partial charge in [0.15, 0.2) is 6.29 Å². The first kappa shape index (κ1) is 14.7. The van der Waals surface area contributed by atoms with Gasteiger partial charge >= 0.3 is 0 Å². The largest absolute Gasteiger partial charge is 0.346 e. The highest BCUT2D eigenvalue weighted by atomic mass is 16.7. The van der Waals surface area contributed by atoms with Gasteiger partial charge in [-0.15, -0.1) is 0 Å². The average molecular weight is 294 g/mol. The molecule has 0 spiro atoms. The van der Waals surface area contributed by atoms with Gasteiger partial charge in [0.1, 0.15) is 6.01 Å². The predicted molar refractivity (Wildman–Crippen MR) is 86.2 cm³/mol. The molecule has 2 aromatic rings. The van der Waals surface area contributed by atoms with Crippen molar-refractivity contribution in [3.63, 3.8) is 0 Å². The van der Waals surface area contributed by atoms with Gasteiger partial charge in [-0.3, -0.25) is 0 Å². The minimum atomic E-state index is -0.347. The summed E-state index contributed by atoms with van der Waals surface area (Å²) in [5.41, 5.74) is 4.87. The molecule has 0 amide bonds. The van der Waals surface area contributed by atoms with Crippen LogP contribution in [0.5, 0.6) is 0 Å². The molecule has 1 aliphatic heterocycles. The van der Waals surface area contributed by atoms with E-state index in [1.807, 2.05) is 56.3 Å². The summed E-state index contributed by atoms with van der Waals surface area (Å²) in [6.07, 6.45) is -0.347. The van der Waals surface area contributed by atoms with Gasteiger partial charge in [0, 0.05) is 5.56 Å². The highest BCUT2D eigenvalue weighted by molar-refractivity contribution is 5.60. The molecule has 0 N–H and O–H groups in total. The van der Waals surface area contributed by atoms with E-state index in [4.69, 9.17) is 9.47 Å². The molecule has 0 atom stereocenters. The smallest absolute Gasteiger partial charge is 0.186 e. The number of rotatable bonds is 3. The first-order valence-corrected chi connectivity index (χ1v) is 7.29. The number of benzene rings is 2. The van der Waals surface area contributed by atoms with Gasteiger partial charge in [-0.1, -0.05) is 29.3 Å². The molecule has 1 saturated heterocycles. The highest BCUT2D eigenvalue weighted by Gasteiger charge is 2.21. The van der Waals surface area contributed by atoms with Gasteiger partial charge in [0.05, 0.1) is 24.6 Å². The maximum absolute atomic E-state index is 5.57. The fourth-order valence-electron chi connectivity index (χ4n) is 2.26. The fraction of sp³-hybridized carbons (Fsp3) is 0.278. The Bertz CT molecular complexity index is 710. The van der Waals surface area contributed by atoms with Gasteiger partial charge in [-0.25, -0.2) is 0 Å². The van der Waals surface area contributed by atoms with Crippen LogP contribution in [0.15, 0.2) is 52.4 Å². The molecule has 0 bridgehead atoms. The molecule has 0 radical (unpaired) electrons. The zero-order chi connectivity index (χ0) is 15.4. The lowest BCUT2D eigenvalue weighted by Crippen LogP contribution is -1.98. The summed E-state index contributed by atoms with van der Waals surface area (Å²) in [7, 11) is 0. The standard InChI is InChI=1S/C18H18N2O2/c1-13-3-6-15(7-4-13)19-12-20-17-8-5-14(2)11-16(17)18-21-9-10-22-18/h3-8,11,18H,9-10H2,1-2H3. The lowest BCUT2D eigenvalue weighted by Gasteiger charge is -2.12. The second-order valence-electron chi connectivity index (χ2n) is 5.29. The van der Waals surface area contributed by atoms with Crippen molar-refractivity contribution in [1.29, 1.82) is 0 Å². The van der Waals surface area contributed by atoms with Crippen molar-refractivity contribution in [1.82, 2.24) is 0 Å². The third-order valence-corrected chi connectivity index (χ3v) is 3.44. The third kappa shape index (κ3) is 3.49. The molecule has 0 aromatic heterocycles. The SMILES string of the molecule is Cc1ccc(N=C=Nc2ccc(C)cc2C2OCCO2)cc1. The molecule has 3 rings (SSSR count). The normalized spacial score (nSPS) is 14.6. The summed E-state index contributed by atoms with van der Waals surface area (Å²) in [4.78, 5) is 8.57. The van der Waals surface area contributed by atoms with E-state index in [0.29, 0.717) is 13.2 Å². The fourth-order valence-corrected chi connectivity index (χ4v) is 2.26. The molecule has 22 heavy (non-hydrogen) atoms. The van der Waals surface area contributed by atoms with Crippen molar-refractivity contribution in [2.24, 2.45) is 9.98 Å². The Morgan fingerprint density at radius 1 is 0.909 bits per heavy atom. The van der Waals surface area contributed by atoms with Gasteiger partial charge in [-0.2, -0.15) is 9.98 Å². The van der Waals surface area contributed by atoms with Gasteiger partial charge in [0.2, 0.25) is 0 Å². The number of aliphatic imine (C=N–C) groups is 2. The molecule has 0 saturated carbocycles. The van der Waals surface area contributed by atoms with E-state index in [2.05, 4.69) is 16.0 Å². The molecule has 2 aromatic carbocycles.